The van der Waals surface area contributed by atoms with Crippen LogP contribution in [-0.4, -0.2) is 97.7 Å². The number of anilines is 1. The molecule has 15 nitrogen and oxygen atoms in total. The van der Waals surface area contributed by atoms with E-state index < -0.39 is 29.7 Å². The molecular weight excluding hydrogens is 783 g/mol. The molecule has 0 saturated carbocycles. The van der Waals surface area contributed by atoms with Gasteiger partial charge in [-0.2, -0.15) is 0 Å². The molecule has 3 aromatic carbocycles. The van der Waals surface area contributed by atoms with Gasteiger partial charge in [0.2, 0.25) is 11.8 Å². The molecule has 15 heteroatoms. The Balaban J connectivity index is 0.942. The minimum atomic E-state index is -1.04. The molecule has 1 atom stereocenters. The maximum atomic E-state index is 13.9. The molecule has 3 aliphatic rings. The van der Waals surface area contributed by atoms with E-state index >= 15 is 0 Å². The predicted molar refractivity (Wildman–Crippen MR) is 226 cm³/mol. The Kier molecular flexibility index (Phi) is 13.3. The number of rotatable bonds is 16. The summed E-state index contributed by atoms with van der Waals surface area (Å²) >= 11 is 0. The topological polar surface area (TPSA) is 186 Å². The molecule has 4 heterocycles. The summed E-state index contributed by atoms with van der Waals surface area (Å²) in [6.45, 7) is 11.0. The number of benzene rings is 3. The Morgan fingerprint density at radius 1 is 0.820 bits per heavy atom. The standard InChI is InChI=1S/C46H51N5O10/c1-5-50(32-14-16-58-17-15-32)40-24-31(23-36(29(40)4)42(53)47-26-38-27(2)22-28(3)48-43(38)54)30-6-8-33(9-7-30)60-20-18-59-19-21-61-34-10-11-35-37(25-34)46(57)51(45(35)56)39-12-13-41(52)49-44(39)55/h6-11,22-25,32,39H,5,12-21,26H2,1-4H3,(H,47,53)(H,48,54)(H,49,52,55). The summed E-state index contributed by atoms with van der Waals surface area (Å²) in [4.78, 5) is 82.6. The first-order valence-corrected chi connectivity index (χ1v) is 20.7. The van der Waals surface area contributed by atoms with Gasteiger partial charge < -0.3 is 34.1 Å². The molecule has 0 spiro atoms. The smallest absolute Gasteiger partial charge is 0.262 e. The molecule has 1 unspecified atom stereocenters. The normalized spacial score (nSPS) is 16.7. The summed E-state index contributed by atoms with van der Waals surface area (Å²) in [5.41, 5.74) is 6.40. The van der Waals surface area contributed by atoms with E-state index in [-0.39, 0.29) is 74.4 Å². The predicted octanol–water partition coefficient (Wildman–Crippen LogP) is 4.78. The van der Waals surface area contributed by atoms with Crippen LogP contribution in [0.25, 0.3) is 11.1 Å². The number of hydrogen-bond acceptors (Lipinski definition) is 11. The molecule has 320 valence electrons. The van der Waals surface area contributed by atoms with Gasteiger partial charge in [-0.1, -0.05) is 12.1 Å². The van der Waals surface area contributed by atoms with Crippen molar-refractivity contribution in [1.29, 1.82) is 0 Å². The molecule has 0 radical (unpaired) electrons. The van der Waals surface area contributed by atoms with Crippen molar-refractivity contribution in [1.82, 2.24) is 20.5 Å². The molecule has 2 fully saturated rings. The third-order valence-electron chi connectivity index (χ3n) is 11.4. The highest BCUT2D eigenvalue weighted by Gasteiger charge is 2.44. The average Bonchev–Trinajstić information content (AvgIpc) is 3.49. The fraction of sp³-hybridized carbons (Fsp3) is 0.391. The van der Waals surface area contributed by atoms with Crippen molar-refractivity contribution in [3.63, 3.8) is 0 Å². The lowest BCUT2D eigenvalue weighted by Crippen LogP contribution is -2.54. The Morgan fingerprint density at radius 2 is 1.51 bits per heavy atom. The second-order valence-electron chi connectivity index (χ2n) is 15.4. The first kappa shape index (κ1) is 42.8. The van der Waals surface area contributed by atoms with Crippen LogP contribution in [0.1, 0.15) is 86.1 Å². The Hall–Kier alpha value is -6.32. The number of aromatic amines is 1. The van der Waals surface area contributed by atoms with Crippen molar-refractivity contribution in [2.24, 2.45) is 0 Å². The Labute approximate surface area is 353 Å². The number of carbonyl (C=O) groups is 5. The number of aromatic nitrogens is 1. The number of nitrogens with one attached hydrogen (secondary N) is 3. The van der Waals surface area contributed by atoms with Gasteiger partial charge in [0.1, 0.15) is 30.8 Å². The van der Waals surface area contributed by atoms with Crippen LogP contribution in [0.3, 0.4) is 0 Å². The highest BCUT2D eigenvalue weighted by atomic mass is 16.5. The average molecular weight is 834 g/mol. The zero-order valence-corrected chi connectivity index (χ0v) is 34.9. The van der Waals surface area contributed by atoms with Crippen molar-refractivity contribution >= 4 is 35.2 Å². The zero-order chi connectivity index (χ0) is 43.2. The number of fused-ring (bicyclic) bond motifs is 1. The van der Waals surface area contributed by atoms with E-state index in [1.807, 2.05) is 57.2 Å². The van der Waals surface area contributed by atoms with E-state index in [1.54, 1.807) is 6.07 Å². The van der Waals surface area contributed by atoms with Gasteiger partial charge in [0.05, 0.1) is 24.3 Å². The monoisotopic (exact) mass is 833 g/mol. The largest absolute Gasteiger partial charge is 0.491 e. The number of nitrogens with zero attached hydrogens (tertiary/aromatic N) is 2. The molecule has 4 aromatic rings. The van der Waals surface area contributed by atoms with Crippen LogP contribution < -0.4 is 30.6 Å². The second kappa shape index (κ2) is 18.9. The van der Waals surface area contributed by atoms with E-state index in [1.165, 1.54) is 12.1 Å². The van der Waals surface area contributed by atoms with E-state index in [4.69, 9.17) is 18.9 Å². The molecule has 0 bridgehead atoms. The maximum Gasteiger partial charge on any atom is 0.262 e. The number of aryl methyl sites for hydroxylation is 2. The number of H-pyrrole nitrogens is 1. The quantitative estimate of drug-likeness (QED) is 0.104. The number of hydrogen-bond donors (Lipinski definition) is 3. The summed E-state index contributed by atoms with van der Waals surface area (Å²) in [7, 11) is 0. The molecule has 5 amide bonds. The summed E-state index contributed by atoms with van der Waals surface area (Å²) in [5.74, 6) is -1.51. The summed E-state index contributed by atoms with van der Waals surface area (Å²) in [6.07, 6.45) is 1.92. The van der Waals surface area contributed by atoms with Gasteiger partial charge in [0, 0.05) is 61.3 Å². The first-order chi connectivity index (χ1) is 29.4. The number of amides is 5. The maximum absolute atomic E-state index is 13.9. The molecule has 2 saturated heterocycles. The van der Waals surface area contributed by atoms with Crippen molar-refractivity contribution in [3.05, 3.63) is 110 Å². The van der Waals surface area contributed by atoms with Crippen molar-refractivity contribution in [2.45, 2.75) is 72.0 Å². The lowest BCUT2D eigenvalue weighted by Gasteiger charge is -2.37. The van der Waals surface area contributed by atoms with Gasteiger partial charge in [0.15, 0.2) is 0 Å². The minimum Gasteiger partial charge on any atom is -0.491 e. The van der Waals surface area contributed by atoms with Crippen molar-refractivity contribution in [2.75, 3.05) is 51.1 Å². The molecule has 7 rings (SSSR count). The molecule has 61 heavy (non-hydrogen) atoms. The van der Waals surface area contributed by atoms with Crippen LogP contribution in [0.15, 0.2) is 65.5 Å². The third kappa shape index (κ3) is 9.53. The zero-order valence-electron chi connectivity index (χ0n) is 34.9. The van der Waals surface area contributed by atoms with Crippen LogP contribution in [0.4, 0.5) is 5.69 Å². The number of piperidine rings is 1. The van der Waals surface area contributed by atoms with E-state index in [9.17, 15) is 28.8 Å². The van der Waals surface area contributed by atoms with Gasteiger partial charge in [-0.05, 0) is 118 Å². The van der Waals surface area contributed by atoms with E-state index in [0.29, 0.717) is 35.8 Å². The van der Waals surface area contributed by atoms with Gasteiger partial charge >= 0.3 is 0 Å². The SMILES string of the molecule is CCN(c1cc(-c2ccc(OCCOCCOc3ccc4c(c3)C(=O)N(C3CCC(=O)NC3=O)C4=O)cc2)cc(C(=O)NCc2c(C)cc(C)[nH]c2=O)c1C)C1CCOCC1. The first-order valence-electron chi connectivity index (χ1n) is 20.7. The number of imide groups is 2. The highest BCUT2D eigenvalue weighted by molar-refractivity contribution is 6.23. The lowest BCUT2D eigenvalue weighted by molar-refractivity contribution is -0.136. The summed E-state index contributed by atoms with van der Waals surface area (Å²) in [5, 5.41) is 5.19. The molecule has 1 aromatic heterocycles. The van der Waals surface area contributed by atoms with E-state index in [2.05, 4.69) is 33.5 Å². The van der Waals surface area contributed by atoms with Crippen molar-refractivity contribution in [3.8, 4) is 22.6 Å². The van der Waals surface area contributed by atoms with Gasteiger partial charge in [-0.15, -0.1) is 0 Å². The molecule has 3 N–H and O–H groups in total. The van der Waals surface area contributed by atoms with Crippen LogP contribution in [0.5, 0.6) is 11.5 Å². The molecular formula is C46H51N5O10. The Morgan fingerprint density at radius 3 is 2.20 bits per heavy atom. The third-order valence-corrected chi connectivity index (χ3v) is 11.4. The number of carbonyl (C=O) groups excluding carboxylic acids is 5. The summed E-state index contributed by atoms with van der Waals surface area (Å²) in [6, 6.07) is 17.4. The fourth-order valence-corrected chi connectivity index (χ4v) is 8.21. The van der Waals surface area contributed by atoms with Crippen LogP contribution >= 0.6 is 0 Å². The lowest BCUT2D eigenvalue weighted by atomic mass is 9.95. The summed E-state index contributed by atoms with van der Waals surface area (Å²) < 4.78 is 23.1. The van der Waals surface area contributed by atoms with Crippen LogP contribution in [-0.2, 0) is 25.6 Å². The minimum absolute atomic E-state index is 0.0475. The number of ether oxygens (including phenoxy) is 4. The molecule has 3 aliphatic heterocycles. The second-order valence-corrected chi connectivity index (χ2v) is 15.4. The van der Waals surface area contributed by atoms with Crippen LogP contribution in [0, 0.1) is 20.8 Å². The van der Waals surface area contributed by atoms with Gasteiger partial charge in [-0.25, -0.2) is 0 Å². The van der Waals surface area contributed by atoms with E-state index in [0.717, 1.165) is 57.9 Å². The van der Waals surface area contributed by atoms with Gasteiger partial charge in [0.25, 0.3) is 23.3 Å². The van der Waals surface area contributed by atoms with Gasteiger partial charge in [-0.3, -0.25) is 39.0 Å². The Bertz CT molecular complexity index is 2390. The number of pyridine rings is 1. The molecule has 0 aliphatic carbocycles. The van der Waals surface area contributed by atoms with Crippen molar-refractivity contribution < 1.29 is 42.9 Å². The fourth-order valence-electron chi connectivity index (χ4n) is 8.21. The highest BCUT2D eigenvalue weighted by Crippen LogP contribution is 2.35. The van der Waals surface area contributed by atoms with Crippen LogP contribution in [0.2, 0.25) is 0 Å².